The van der Waals surface area contributed by atoms with Gasteiger partial charge in [0.25, 0.3) is 0 Å². The average Bonchev–Trinajstić information content (AvgIpc) is 2.62. The minimum absolute atomic E-state index is 0.150. The number of rotatable bonds is 2. The lowest BCUT2D eigenvalue weighted by molar-refractivity contribution is 0.268. The number of benzene rings is 1. The summed E-state index contributed by atoms with van der Waals surface area (Å²) >= 11 is 5.95. The van der Waals surface area contributed by atoms with E-state index in [1.807, 2.05) is 0 Å². The van der Waals surface area contributed by atoms with Gasteiger partial charge >= 0.3 is 0 Å². The smallest absolute Gasteiger partial charge is 0.181 e. The van der Waals surface area contributed by atoms with Crippen molar-refractivity contribution in [1.29, 1.82) is 0 Å². The van der Waals surface area contributed by atoms with Crippen molar-refractivity contribution in [2.24, 2.45) is 5.73 Å². The highest BCUT2D eigenvalue weighted by Crippen LogP contribution is 2.26. The monoisotopic (exact) mass is 212 g/mol. The van der Waals surface area contributed by atoms with Crippen molar-refractivity contribution in [3.05, 3.63) is 29.1 Å². The summed E-state index contributed by atoms with van der Waals surface area (Å²) in [5.74, 6) is 0. The van der Waals surface area contributed by atoms with Crippen LogP contribution in [0.15, 0.2) is 22.9 Å². The van der Waals surface area contributed by atoms with Crippen molar-refractivity contribution in [3.8, 4) is 0 Å². The molecule has 2 aromatic rings. The second-order valence-electron chi connectivity index (χ2n) is 2.98. The second kappa shape index (κ2) is 3.57. The molecule has 0 radical (unpaired) electrons. The molecule has 3 N–H and O–H groups in total. The molecule has 0 aliphatic carbocycles. The highest BCUT2D eigenvalue weighted by molar-refractivity contribution is 6.32. The second-order valence-corrected chi connectivity index (χ2v) is 3.39. The molecule has 0 aliphatic rings. The lowest BCUT2D eigenvalue weighted by Gasteiger charge is -2.09. The van der Waals surface area contributed by atoms with Gasteiger partial charge in [0.2, 0.25) is 0 Å². The van der Waals surface area contributed by atoms with Crippen molar-refractivity contribution in [1.82, 2.24) is 4.98 Å². The van der Waals surface area contributed by atoms with E-state index in [1.54, 1.807) is 12.1 Å². The zero-order valence-electron chi connectivity index (χ0n) is 7.27. The van der Waals surface area contributed by atoms with Gasteiger partial charge in [-0.25, -0.2) is 4.98 Å². The highest BCUT2D eigenvalue weighted by atomic mass is 35.5. The summed E-state index contributed by atoms with van der Waals surface area (Å²) in [6.45, 7) is -0.150. The SMILES string of the molecule is NC(CO)c1cc2ncoc2cc1Cl. The van der Waals surface area contributed by atoms with Gasteiger partial charge < -0.3 is 15.3 Å². The molecule has 14 heavy (non-hydrogen) atoms. The third kappa shape index (κ3) is 1.48. The lowest BCUT2D eigenvalue weighted by Crippen LogP contribution is -2.14. The standard InChI is InChI=1S/C9H9ClN2O2/c10-6-2-9-8(12-4-14-9)1-5(6)7(11)3-13/h1-2,4,7,13H,3,11H2. The van der Waals surface area contributed by atoms with E-state index in [2.05, 4.69) is 4.98 Å². The van der Waals surface area contributed by atoms with E-state index in [0.29, 0.717) is 21.7 Å². The van der Waals surface area contributed by atoms with E-state index in [4.69, 9.17) is 26.9 Å². The molecule has 1 aromatic carbocycles. The van der Waals surface area contributed by atoms with Gasteiger partial charge in [-0.05, 0) is 11.6 Å². The molecule has 0 saturated heterocycles. The Hall–Kier alpha value is -1.10. The summed E-state index contributed by atoms with van der Waals surface area (Å²) < 4.78 is 5.07. The molecule has 0 amide bonds. The topological polar surface area (TPSA) is 72.3 Å². The van der Waals surface area contributed by atoms with Crippen molar-refractivity contribution in [2.75, 3.05) is 6.61 Å². The van der Waals surface area contributed by atoms with E-state index in [0.717, 1.165) is 0 Å². The molecule has 5 heteroatoms. The Balaban J connectivity index is 2.58. The molecule has 1 unspecified atom stereocenters. The average molecular weight is 213 g/mol. The number of aliphatic hydroxyl groups excluding tert-OH is 1. The summed E-state index contributed by atoms with van der Waals surface area (Å²) in [6, 6.07) is 2.89. The van der Waals surface area contributed by atoms with E-state index >= 15 is 0 Å². The van der Waals surface area contributed by atoms with Crippen molar-refractivity contribution >= 4 is 22.7 Å². The molecule has 1 aromatic heterocycles. The number of hydrogen-bond donors (Lipinski definition) is 2. The van der Waals surface area contributed by atoms with Crippen molar-refractivity contribution in [3.63, 3.8) is 0 Å². The number of nitrogens with two attached hydrogens (primary N) is 1. The van der Waals surface area contributed by atoms with E-state index in [-0.39, 0.29) is 6.61 Å². The summed E-state index contributed by atoms with van der Waals surface area (Å²) in [7, 11) is 0. The van der Waals surface area contributed by atoms with Crippen LogP contribution in [0.25, 0.3) is 11.1 Å². The number of aromatic nitrogens is 1. The van der Waals surface area contributed by atoms with Crippen molar-refractivity contribution < 1.29 is 9.52 Å². The van der Waals surface area contributed by atoms with Crippen LogP contribution in [0.3, 0.4) is 0 Å². The summed E-state index contributed by atoms with van der Waals surface area (Å²) in [4.78, 5) is 3.97. The minimum Gasteiger partial charge on any atom is -0.443 e. The molecule has 1 heterocycles. The third-order valence-corrected chi connectivity index (χ3v) is 2.37. The van der Waals surface area contributed by atoms with Gasteiger partial charge in [-0.3, -0.25) is 0 Å². The Morgan fingerprint density at radius 1 is 1.57 bits per heavy atom. The molecule has 0 aliphatic heterocycles. The normalized spacial score (nSPS) is 13.4. The number of oxazole rings is 1. The molecule has 0 bridgehead atoms. The predicted octanol–water partition coefficient (Wildman–Crippen LogP) is 1.47. The van der Waals surface area contributed by atoms with Crippen LogP contribution in [0, 0.1) is 0 Å². The van der Waals surface area contributed by atoms with Gasteiger partial charge in [0.1, 0.15) is 5.52 Å². The van der Waals surface area contributed by atoms with Crippen LogP contribution in [-0.4, -0.2) is 16.7 Å². The van der Waals surface area contributed by atoms with Gasteiger partial charge in [-0.15, -0.1) is 0 Å². The maximum absolute atomic E-state index is 8.91. The van der Waals surface area contributed by atoms with Gasteiger partial charge in [-0.1, -0.05) is 11.6 Å². The molecule has 2 rings (SSSR count). The van der Waals surface area contributed by atoms with E-state index in [9.17, 15) is 0 Å². The first-order valence-corrected chi connectivity index (χ1v) is 4.49. The van der Waals surface area contributed by atoms with E-state index in [1.165, 1.54) is 6.39 Å². The third-order valence-electron chi connectivity index (χ3n) is 2.05. The summed E-state index contributed by atoms with van der Waals surface area (Å²) in [6.07, 6.45) is 1.34. The first-order valence-electron chi connectivity index (χ1n) is 4.11. The largest absolute Gasteiger partial charge is 0.443 e. The van der Waals surface area contributed by atoms with Crippen LogP contribution < -0.4 is 5.73 Å². The van der Waals surface area contributed by atoms with Crippen molar-refractivity contribution in [2.45, 2.75) is 6.04 Å². The molecule has 0 spiro atoms. The Kier molecular flexibility index (Phi) is 2.41. The van der Waals surface area contributed by atoms with Crippen LogP contribution in [-0.2, 0) is 0 Å². The molecule has 0 fully saturated rings. The number of hydrogen-bond acceptors (Lipinski definition) is 4. The highest BCUT2D eigenvalue weighted by Gasteiger charge is 2.12. The number of halogens is 1. The predicted molar refractivity (Wildman–Crippen MR) is 53.0 cm³/mol. The van der Waals surface area contributed by atoms with Gasteiger partial charge in [0, 0.05) is 11.1 Å². The number of nitrogens with zero attached hydrogens (tertiary/aromatic N) is 1. The fraction of sp³-hybridized carbons (Fsp3) is 0.222. The summed E-state index contributed by atoms with van der Waals surface area (Å²) in [5.41, 5.74) is 7.64. The zero-order valence-corrected chi connectivity index (χ0v) is 8.03. The lowest BCUT2D eigenvalue weighted by atomic mass is 10.1. The van der Waals surface area contributed by atoms with Crippen LogP contribution in [0.1, 0.15) is 11.6 Å². The number of aliphatic hydroxyl groups is 1. The molecule has 1 atom stereocenters. The first kappa shape index (κ1) is 9.45. The maximum atomic E-state index is 8.91. The fourth-order valence-electron chi connectivity index (χ4n) is 1.28. The van der Waals surface area contributed by atoms with Gasteiger partial charge in [0.05, 0.1) is 12.6 Å². The Morgan fingerprint density at radius 2 is 2.36 bits per heavy atom. The molecular formula is C9H9ClN2O2. The minimum atomic E-state index is -0.483. The Bertz CT molecular complexity index is 455. The molecule has 4 nitrogen and oxygen atoms in total. The molecular weight excluding hydrogens is 204 g/mol. The van der Waals surface area contributed by atoms with Crippen LogP contribution in [0.4, 0.5) is 0 Å². The first-order chi connectivity index (χ1) is 6.72. The zero-order chi connectivity index (χ0) is 10.1. The maximum Gasteiger partial charge on any atom is 0.181 e. The van der Waals surface area contributed by atoms with Crippen LogP contribution >= 0.6 is 11.6 Å². The molecule has 74 valence electrons. The van der Waals surface area contributed by atoms with Gasteiger partial charge in [0.15, 0.2) is 12.0 Å². The molecule has 0 saturated carbocycles. The van der Waals surface area contributed by atoms with Gasteiger partial charge in [-0.2, -0.15) is 0 Å². The number of fused-ring (bicyclic) bond motifs is 1. The summed E-state index contributed by atoms with van der Waals surface area (Å²) in [5, 5.41) is 9.39. The van der Waals surface area contributed by atoms with Crippen LogP contribution in [0.5, 0.6) is 0 Å². The van der Waals surface area contributed by atoms with Crippen LogP contribution in [0.2, 0.25) is 5.02 Å². The Labute approximate surface area is 85.3 Å². The quantitative estimate of drug-likeness (QED) is 0.791. The Morgan fingerprint density at radius 3 is 3.07 bits per heavy atom. The fourth-order valence-corrected chi connectivity index (χ4v) is 1.57. The van der Waals surface area contributed by atoms with E-state index < -0.39 is 6.04 Å².